The first-order valence-corrected chi connectivity index (χ1v) is 7.22. The summed E-state index contributed by atoms with van der Waals surface area (Å²) in [4.78, 5) is 10.7. The van der Waals surface area contributed by atoms with E-state index in [4.69, 9.17) is 5.73 Å². The van der Waals surface area contributed by atoms with Crippen molar-refractivity contribution in [2.24, 2.45) is 0 Å². The molecule has 0 aliphatic rings. The van der Waals surface area contributed by atoms with Crippen LogP contribution in [0.5, 0.6) is 0 Å². The molecule has 1 aromatic heterocycles. The van der Waals surface area contributed by atoms with Gasteiger partial charge in [-0.05, 0) is 54.1 Å². The second-order valence-corrected chi connectivity index (χ2v) is 5.82. The highest BCUT2D eigenvalue weighted by molar-refractivity contribution is 14.1. The first-order chi connectivity index (χ1) is 9.08. The van der Waals surface area contributed by atoms with E-state index in [1.54, 1.807) is 6.33 Å². The molecule has 2 N–H and O–H groups in total. The van der Waals surface area contributed by atoms with E-state index in [2.05, 4.69) is 63.4 Å². The van der Waals surface area contributed by atoms with E-state index in [9.17, 15) is 0 Å². The molecular formula is C14H17IN4. The Kier molecular flexibility index (Phi) is 4.57. The minimum atomic E-state index is 0.362. The van der Waals surface area contributed by atoms with Crippen LogP contribution >= 0.6 is 22.6 Å². The number of nitrogens with zero attached hydrogens (tertiary/aromatic N) is 3. The zero-order valence-corrected chi connectivity index (χ0v) is 13.2. The predicted molar refractivity (Wildman–Crippen MR) is 86.9 cm³/mol. The average molecular weight is 368 g/mol. The fourth-order valence-electron chi connectivity index (χ4n) is 1.84. The molecule has 2 rings (SSSR count). The second-order valence-electron chi connectivity index (χ2n) is 4.66. The number of hydrogen-bond acceptors (Lipinski definition) is 4. The molecule has 0 bridgehead atoms. The van der Waals surface area contributed by atoms with E-state index in [1.807, 2.05) is 18.3 Å². The van der Waals surface area contributed by atoms with Gasteiger partial charge in [-0.25, -0.2) is 9.97 Å². The highest BCUT2D eigenvalue weighted by atomic mass is 127. The SMILES string of the molecule is CC(C)N(Cc1ccc(N)cc1)c1ncncc1I. The summed E-state index contributed by atoms with van der Waals surface area (Å²) in [6.07, 6.45) is 3.43. The van der Waals surface area contributed by atoms with Crippen LogP contribution in [0.2, 0.25) is 0 Å². The van der Waals surface area contributed by atoms with Gasteiger partial charge in [-0.2, -0.15) is 0 Å². The van der Waals surface area contributed by atoms with Crippen molar-refractivity contribution < 1.29 is 0 Å². The van der Waals surface area contributed by atoms with E-state index in [1.165, 1.54) is 5.56 Å². The lowest BCUT2D eigenvalue weighted by molar-refractivity contribution is 0.669. The summed E-state index contributed by atoms with van der Waals surface area (Å²) in [5.74, 6) is 0.974. The van der Waals surface area contributed by atoms with E-state index in [0.717, 1.165) is 21.6 Å². The third-order valence-corrected chi connectivity index (χ3v) is 3.64. The molecule has 5 heteroatoms. The molecule has 0 atom stereocenters. The number of nitrogens with two attached hydrogens (primary N) is 1. The number of aromatic nitrogens is 2. The van der Waals surface area contributed by atoms with Crippen molar-refractivity contribution in [2.75, 3.05) is 10.6 Å². The van der Waals surface area contributed by atoms with E-state index < -0.39 is 0 Å². The van der Waals surface area contributed by atoms with Gasteiger partial charge in [0.2, 0.25) is 0 Å². The number of rotatable bonds is 4. The lowest BCUT2D eigenvalue weighted by Gasteiger charge is -2.28. The zero-order valence-electron chi connectivity index (χ0n) is 11.0. The Bertz CT molecular complexity index is 539. The Balaban J connectivity index is 2.27. The molecular weight excluding hydrogens is 351 g/mol. The van der Waals surface area contributed by atoms with Gasteiger partial charge in [-0.15, -0.1) is 0 Å². The molecule has 100 valence electrons. The molecule has 0 aliphatic heterocycles. The quantitative estimate of drug-likeness (QED) is 0.666. The third kappa shape index (κ3) is 3.56. The van der Waals surface area contributed by atoms with Crippen LogP contribution in [0.3, 0.4) is 0 Å². The molecule has 0 radical (unpaired) electrons. The molecule has 0 unspecified atom stereocenters. The number of anilines is 2. The Morgan fingerprint density at radius 3 is 2.53 bits per heavy atom. The smallest absolute Gasteiger partial charge is 0.145 e. The van der Waals surface area contributed by atoms with Crippen molar-refractivity contribution in [1.82, 2.24) is 9.97 Å². The lowest BCUT2D eigenvalue weighted by Crippen LogP contribution is -2.31. The minimum absolute atomic E-state index is 0.362. The average Bonchev–Trinajstić information content (AvgIpc) is 2.39. The number of halogens is 1. The van der Waals surface area contributed by atoms with Crippen LogP contribution in [0.4, 0.5) is 11.5 Å². The maximum atomic E-state index is 5.72. The molecule has 1 aromatic carbocycles. The minimum Gasteiger partial charge on any atom is -0.399 e. The molecule has 4 nitrogen and oxygen atoms in total. The van der Waals surface area contributed by atoms with Crippen molar-refractivity contribution in [1.29, 1.82) is 0 Å². The monoisotopic (exact) mass is 368 g/mol. The van der Waals surface area contributed by atoms with E-state index in [-0.39, 0.29) is 0 Å². The van der Waals surface area contributed by atoms with Crippen molar-refractivity contribution in [3.05, 3.63) is 45.9 Å². The molecule has 0 amide bonds. The van der Waals surface area contributed by atoms with Gasteiger partial charge in [0.25, 0.3) is 0 Å². The first kappa shape index (κ1) is 14.0. The Morgan fingerprint density at radius 2 is 1.95 bits per heavy atom. The fraction of sp³-hybridized carbons (Fsp3) is 0.286. The standard InChI is InChI=1S/C14H17IN4/c1-10(2)19(14-13(15)7-17-9-18-14)8-11-3-5-12(16)6-4-11/h3-7,9-10H,8,16H2,1-2H3. The summed E-state index contributed by atoms with van der Waals surface area (Å²) < 4.78 is 1.06. The summed E-state index contributed by atoms with van der Waals surface area (Å²) in [6.45, 7) is 5.13. The van der Waals surface area contributed by atoms with Crippen LogP contribution in [-0.4, -0.2) is 16.0 Å². The van der Waals surface area contributed by atoms with Crippen LogP contribution in [0.15, 0.2) is 36.8 Å². The summed E-state index contributed by atoms with van der Waals surface area (Å²) in [6, 6.07) is 8.33. The van der Waals surface area contributed by atoms with E-state index in [0.29, 0.717) is 6.04 Å². The van der Waals surface area contributed by atoms with Crippen LogP contribution in [0, 0.1) is 3.57 Å². The van der Waals surface area contributed by atoms with Gasteiger partial charge in [0.1, 0.15) is 12.1 Å². The first-order valence-electron chi connectivity index (χ1n) is 6.14. The Morgan fingerprint density at radius 1 is 1.26 bits per heavy atom. The van der Waals surface area contributed by atoms with Gasteiger partial charge < -0.3 is 10.6 Å². The van der Waals surface area contributed by atoms with Crippen LogP contribution < -0.4 is 10.6 Å². The van der Waals surface area contributed by atoms with Gasteiger partial charge in [-0.1, -0.05) is 12.1 Å². The lowest BCUT2D eigenvalue weighted by atomic mass is 10.1. The number of nitrogen functional groups attached to an aromatic ring is 1. The van der Waals surface area contributed by atoms with Gasteiger partial charge in [0, 0.05) is 24.5 Å². The second kappa shape index (κ2) is 6.18. The molecule has 1 heterocycles. The Hall–Kier alpha value is -1.37. The molecule has 19 heavy (non-hydrogen) atoms. The normalized spacial score (nSPS) is 10.7. The maximum Gasteiger partial charge on any atom is 0.145 e. The van der Waals surface area contributed by atoms with Crippen molar-refractivity contribution in [3.63, 3.8) is 0 Å². The highest BCUT2D eigenvalue weighted by Gasteiger charge is 2.15. The number of benzene rings is 1. The largest absolute Gasteiger partial charge is 0.399 e. The van der Waals surface area contributed by atoms with Crippen LogP contribution in [-0.2, 0) is 6.54 Å². The molecule has 0 aliphatic carbocycles. The molecule has 0 spiro atoms. The predicted octanol–water partition coefficient (Wildman–Crippen LogP) is 3.08. The molecule has 0 saturated carbocycles. The van der Waals surface area contributed by atoms with Crippen LogP contribution in [0.1, 0.15) is 19.4 Å². The number of hydrogen-bond donors (Lipinski definition) is 1. The zero-order chi connectivity index (χ0) is 13.8. The van der Waals surface area contributed by atoms with Gasteiger partial charge >= 0.3 is 0 Å². The molecule has 0 saturated heterocycles. The maximum absolute atomic E-state index is 5.72. The van der Waals surface area contributed by atoms with Gasteiger partial charge in [-0.3, -0.25) is 0 Å². The summed E-state index contributed by atoms with van der Waals surface area (Å²) in [5.41, 5.74) is 7.73. The molecule has 0 fully saturated rings. The van der Waals surface area contributed by atoms with E-state index >= 15 is 0 Å². The van der Waals surface area contributed by atoms with Crippen molar-refractivity contribution in [2.45, 2.75) is 26.4 Å². The summed E-state index contributed by atoms with van der Waals surface area (Å²) >= 11 is 2.27. The van der Waals surface area contributed by atoms with Gasteiger partial charge in [0.05, 0.1) is 3.57 Å². The summed E-state index contributed by atoms with van der Waals surface area (Å²) in [5, 5.41) is 0. The van der Waals surface area contributed by atoms with Crippen LogP contribution in [0.25, 0.3) is 0 Å². The van der Waals surface area contributed by atoms with Crippen molar-refractivity contribution >= 4 is 34.1 Å². The Labute approximate surface area is 127 Å². The van der Waals surface area contributed by atoms with Crippen molar-refractivity contribution in [3.8, 4) is 0 Å². The molecule has 2 aromatic rings. The fourth-order valence-corrected chi connectivity index (χ4v) is 2.45. The third-order valence-electron chi connectivity index (χ3n) is 2.88. The topological polar surface area (TPSA) is 55.0 Å². The summed E-state index contributed by atoms with van der Waals surface area (Å²) in [7, 11) is 0. The van der Waals surface area contributed by atoms with Gasteiger partial charge in [0.15, 0.2) is 0 Å². The highest BCUT2D eigenvalue weighted by Crippen LogP contribution is 2.22.